The van der Waals surface area contributed by atoms with Crippen LogP contribution >= 0.6 is 0 Å². The molecule has 0 radical (unpaired) electrons. The fourth-order valence-electron chi connectivity index (χ4n) is 0.815. The first kappa shape index (κ1) is 10.0. The number of methoxy groups -OCH3 is 1. The number of carbonyl (C=O) groups is 2. The van der Waals surface area contributed by atoms with Crippen molar-refractivity contribution >= 4 is 11.9 Å². The van der Waals surface area contributed by atoms with Crippen LogP contribution in [0.15, 0.2) is 24.3 Å². The third-order valence-electron chi connectivity index (χ3n) is 1.43. The summed E-state index contributed by atoms with van der Waals surface area (Å²) in [6.45, 7) is 0. The molecule has 0 aromatic heterocycles. The molecule has 0 aliphatic heterocycles. The average Bonchev–Trinajstić information content (AvgIpc) is 2.18. The fraction of sp³-hybridized carbons (Fsp3) is 0.111. The molecule has 5 nitrogen and oxygen atoms in total. The van der Waals surface area contributed by atoms with Crippen LogP contribution in [0.5, 0.6) is 11.5 Å². The third-order valence-corrected chi connectivity index (χ3v) is 1.43. The van der Waals surface area contributed by atoms with Gasteiger partial charge in [0.1, 0.15) is 11.5 Å². The SMILES string of the molecule is COc1cccc(OC(=O)C(=O)O)c1. The number of carboxylic acid groups (broad SMARTS) is 1. The highest BCUT2D eigenvalue weighted by Crippen LogP contribution is 2.18. The van der Waals surface area contributed by atoms with Crippen molar-refractivity contribution in [3.63, 3.8) is 0 Å². The van der Waals surface area contributed by atoms with Crippen LogP contribution in [-0.2, 0) is 9.59 Å². The average molecular weight is 196 g/mol. The molecule has 0 aliphatic carbocycles. The summed E-state index contributed by atoms with van der Waals surface area (Å²) in [6.07, 6.45) is 0. The largest absolute Gasteiger partial charge is 0.497 e. The van der Waals surface area contributed by atoms with Crippen LogP contribution in [0.1, 0.15) is 0 Å². The number of aliphatic carboxylic acids is 1. The molecule has 0 aliphatic rings. The van der Waals surface area contributed by atoms with E-state index in [4.69, 9.17) is 9.84 Å². The van der Waals surface area contributed by atoms with E-state index in [0.29, 0.717) is 5.75 Å². The zero-order chi connectivity index (χ0) is 10.6. The monoisotopic (exact) mass is 196 g/mol. The van der Waals surface area contributed by atoms with Crippen LogP contribution < -0.4 is 9.47 Å². The Morgan fingerprint density at radius 2 is 1.93 bits per heavy atom. The molecule has 74 valence electrons. The van der Waals surface area contributed by atoms with Gasteiger partial charge in [-0.05, 0) is 12.1 Å². The van der Waals surface area contributed by atoms with Gasteiger partial charge in [-0.1, -0.05) is 6.07 Å². The predicted molar refractivity (Wildman–Crippen MR) is 46.3 cm³/mol. The molecule has 1 rings (SSSR count). The second kappa shape index (κ2) is 4.27. The fourth-order valence-corrected chi connectivity index (χ4v) is 0.815. The number of carbonyl (C=O) groups excluding carboxylic acids is 1. The Labute approximate surface area is 79.9 Å². The van der Waals surface area contributed by atoms with Crippen LogP contribution in [0.3, 0.4) is 0 Å². The minimum Gasteiger partial charge on any atom is -0.497 e. The van der Waals surface area contributed by atoms with Gasteiger partial charge in [0.15, 0.2) is 0 Å². The molecule has 0 unspecified atom stereocenters. The maximum atomic E-state index is 10.6. The molecule has 0 heterocycles. The van der Waals surface area contributed by atoms with Crippen molar-refractivity contribution in [2.24, 2.45) is 0 Å². The summed E-state index contributed by atoms with van der Waals surface area (Å²) in [5.41, 5.74) is 0. The van der Waals surface area contributed by atoms with Crippen LogP contribution in [-0.4, -0.2) is 24.2 Å². The predicted octanol–water partition coefficient (Wildman–Crippen LogP) is 0.685. The van der Waals surface area contributed by atoms with Crippen molar-refractivity contribution in [1.29, 1.82) is 0 Å². The highest BCUT2D eigenvalue weighted by molar-refractivity contribution is 6.29. The number of hydrogen-bond acceptors (Lipinski definition) is 4. The summed E-state index contributed by atoms with van der Waals surface area (Å²) in [4.78, 5) is 20.8. The topological polar surface area (TPSA) is 72.8 Å². The molecule has 1 N–H and O–H groups in total. The summed E-state index contributed by atoms with van der Waals surface area (Å²) < 4.78 is 9.36. The lowest BCUT2D eigenvalue weighted by molar-refractivity contribution is -0.158. The van der Waals surface area contributed by atoms with E-state index in [1.165, 1.54) is 19.2 Å². The van der Waals surface area contributed by atoms with Crippen molar-refractivity contribution in [2.75, 3.05) is 7.11 Å². The van der Waals surface area contributed by atoms with E-state index >= 15 is 0 Å². The Morgan fingerprint density at radius 1 is 1.29 bits per heavy atom. The van der Waals surface area contributed by atoms with Crippen molar-refractivity contribution in [3.8, 4) is 11.5 Å². The number of rotatable bonds is 2. The molecule has 0 fully saturated rings. The zero-order valence-corrected chi connectivity index (χ0v) is 7.39. The Hall–Kier alpha value is -2.04. The van der Waals surface area contributed by atoms with Crippen LogP contribution in [0.4, 0.5) is 0 Å². The molecule has 1 aromatic rings. The molecular formula is C9H8O5. The summed E-state index contributed by atoms with van der Waals surface area (Å²) in [5, 5.41) is 8.26. The molecule has 0 saturated carbocycles. The van der Waals surface area contributed by atoms with Crippen molar-refractivity contribution in [1.82, 2.24) is 0 Å². The number of carboxylic acids is 1. The standard InChI is InChI=1S/C9H8O5/c1-13-6-3-2-4-7(5-6)14-9(12)8(10)11/h2-5H,1H3,(H,10,11). The highest BCUT2D eigenvalue weighted by atomic mass is 16.6. The molecule has 0 spiro atoms. The van der Waals surface area contributed by atoms with Gasteiger partial charge >= 0.3 is 11.9 Å². The van der Waals surface area contributed by atoms with Gasteiger partial charge in [-0.2, -0.15) is 0 Å². The number of ether oxygens (including phenoxy) is 2. The summed E-state index contributed by atoms with van der Waals surface area (Å²) in [7, 11) is 1.46. The minimum absolute atomic E-state index is 0.136. The van der Waals surface area contributed by atoms with Gasteiger partial charge in [-0.25, -0.2) is 9.59 Å². The van der Waals surface area contributed by atoms with E-state index in [1.807, 2.05) is 0 Å². The Morgan fingerprint density at radius 3 is 2.50 bits per heavy atom. The van der Waals surface area contributed by atoms with Gasteiger partial charge in [-0.3, -0.25) is 0 Å². The van der Waals surface area contributed by atoms with E-state index in [1.54, 1.807) is 12.1 Å². The molecule has 0 bridgehead atoms. The van der Waals surface area contributed by atoms with Gasteiger partial charge in [0, 0.05) is 6.07 Å². The van der Waals surface area contributed by atoms with E-state index < -0.39 is 11.9 Å². The number of esters is 1. The lowest BCUT2D eigenvalue weighted by Gasteiger charge is -2.03. The second-order valence-corrected chi connectivity index (χ2v) is 2.37. The van der Waals surface area contributed by atoms with Gasteiger partial charge in [-0.15, -0.1) is 0 Å². The first-order valence-corrected chi connectivity index (χ1v) is 3.72. The van der Waals surface area contributed by atoms with Crippen LogP contribution in [0, 0.1) is 0 Å². The number of benzene rings is 1. The summed E-state index contributed by atoms with van der Waals surface area (Å²) in [6, 6.07) is 6.12. The lowest BCUT2D eigenvalue weighted by Crippen LogP contribution is -2.19. The minimum atomic E-state index is -1.63. The van der Waals surface area contributed by atoms with Gasteiger partial charge in [0.05, 0.1) is 7.11 Å². The molecule has 0 saturated heterocycles. The lowest BCUT2D eigenvalue weighted by atomic mass is 10.3. The van der Waals surface area contributed by atoms with Crippen molar-refractivity contribution in [2.45, 2.75) is 0 Å². The van der Waals surface area contributed by atoms with E-state index in [2.05, 4.69) is 4.74 Å². The molecule has 14 heavy (non-hydrogen) atoms. The Balaban J connectivity index is 2.76. The van der Waals surface area contributed by atoms with Crippen LogP contribution in [0.2, 0.25) is 0 Å². The molecule has 0 amide bonds. The van der Waals surface area contributed by atoms with E-state index in [9.17, 15) is 9.59 Å². The number of hydrogen-bond donors (Lipinski definition) is 1. The van der Waals surface area contributed by atoms with Crippen molar-refractivity contribution < 1.29 is 24.2 Å². The maximum absolute atomic E-state index is 10.6. The molecular weight excluding hydrogens is 188 g/mol. The normalized spacial score (nSPS) is 9.21. The maximum Gasteiger partial charge on any atom is 0.422 e. The first-order valence-electron chi connectivity index (χ1n) is 3.72. The third kappa shape index (κ3) is 2.48. The summed E-state index contributed by atoms with van der Waals surface area (Å²) >= 11 is 0. The summed E-state index contributed by atoms with van der Waals surface area (Å²) in [5.74, 6) is -2.33. The van der Waals surface area contributed by atoms with Gasteiger partial charge < -0.3 is 14.6 Å². The first-order chi connectivity index (χ1) is 6.63. The molecule has 1 aromatic carbocycles. The smallest absolute Gasteiger partial charge is 0.422 e. The Bertz CT molecular complexity index is 358. The molecule has 5 heteroatoms. The zero-order valence-electron chi connectivity index (χ0n) is 7.39. The highest BCUT2D eigenvalue weighted by Gasteiger charge is 2.13. The van der Waals surface area contributed by atoms with Gasteiger partial charge in [0.25, 0.3) is 0 Å². The Kier molecular flexibility index (Phi) is 3.06. The van der Waals surface area contributed by atoms with E-state index in [-0.39, 0.29) is 5.75 Å². The quantitative estimate of drug-likeness (QED) is 0.428. The second-order valence-electron chi connectivity index (χ2n) is 2.37. The van der Waals surface area contributed by atoms with Crippen molar-refractivity contribution in [3.05, 3.63) is 24.3 Å². The van der Waals surface area contributed by atoms with Gasteiger partial charge in [0.2, 0.25) is 0 Å². The molecule has 0 atom stereocenters. The van der Waals surface area contributed by atoms with E-state index in [0.717, 1.165) is 0 Å². The van der Waals surface area contributed by atoms with Crippen LogP contribution in [0.25, 0.3) is 0 Å².